The van der Waals surface area contributed by atoms with Crippen LogP contribution in [0.1, 0.15) is 36.5 Å². The number of hydrogen-bond donors (Lipinski definition) is 1. The third kappa shape index (κ3) is 3.20. The first-order chi connectivity index (χ1) is 7.66. The van der Waals surface area contributed by atoms with E-state index < -0.39 is 0 Å². The molecule has 1 aliphatic carbocycles. The van der Waals surface area contributed by atoms with Gasteiger partial charge >= 0.3 is 0 Å². The number of hydrogen-bond acceptors (Lipinski definition) is 1. The van der Waals surface area contributed by atoms with E-state index in [1.807, 2.05) is 24.3 Å². The van der Waals surface area contributed by atoms with Crippen LogP contribution in [0, 0.1) is 9.49 Å². The van der Waals surface area contributed by atoms with E-state index in [1.165, 1.54) is 12.8 Å². The first kappa shape index (κ1) is 11.9. The van der Waals surface area contributed by atoms with E-state index in [0.717, 1.165) is 21.5 Å². The average molecular weight is 329 g/mol. The van der Waals surface area contributed by atoms with Gasteiger partial charge in [-0.1, -0.05) is 25.0 Å². The minimum atomic E-state index is 0.0538. The second-order valence-corrected chi connectivity index (χ2v) is 5.70. The van der Waals surface area contributed by atoms with E-state index in [0.29, 0.717) is 0 Å². The normalized spacial score (nSPS) is 16.9. The summed E-state index contributed by atoms with van der Waals surface area (Å²) >= 11 is 2.20. The zero-order valence-electron chi connectivity index (χ0n) is 9.37. The fourth-order valence-electron chi connectivity index (χ4n) is 1.86. The summed E-state index contributed by atoms with van der Waals surface area (Å²) in [6.07, 6.45) is 3.79. The van der Waals surface area contributed by atoms with E-state index in [4.69, 9.17) is 0 Å². The monoisotopic (exact) mass is 329 g/mol. The maximum absolute atomic E-state index is 12.0. The van der Waals surface area contributed by atoms with E-state index >= 15 is 0 Å². The molecule has 1 fully saturated rings. The van der Waals surface area contributed by atoms with Crippen LogP contribution in [-0.2, 0) is 0 Å². The van der Waals surface area contributed by atoms with Gasteiger partial charge in [-0.3, -0.25) is 4.79 Å². The lowest BCUT2D eigenvalue weighted by Gasteiger charge is -2.13. The molecular weight excluding hydrogens is 313 g/mol. The summed E-state index contributed by atoms with van der Waals surface area (Å²) in [5.74, 6) is 0.906. The predicted molar refractivity (Wildman–Crippen MR) is 73.4 cm³/mol. The average Bonchev–Trinajstić information content (AvgIpc) is 3.01. The molecule has 1 amide bonds. The molecule has 1 aromatic rings. The highest BCUT2D eigenvalue weighted by Crippen LogP contribution is 2.33. The first-order valence-electron chi connectivity index (χ1n) is 5.72. The summed E-state index contributed by atoms with van der Waals surface area (Å²) in [6.45, 7) is 2.09. The zero-order valence-corrected chi connectivity index (χ0v) is 11.5. The number of amides is 1. The molecule has 2 nitrogen and oxygen atoms in total. The van der Waals surface area contributed by atoms with E-state index in [9.17, 15) is 4.79 Å². The molecule has 3 heteroatoms. The lowest BCUT2D eigenvalue weighted by atomic mass is 10.1. The van der Waals surface area contributed by atoms with Crippen molar-refractivity contribution in [2.24, 2.45) is 5.92 Å². The van der Waals surface area contributed by atoms with E-state index in [-0.39, 0.29) is 11.9 Å². The van der Waals surface area contributed by atoms with Crippen molar-refractivity contribution in [2.75, 3.05) is 0 Å². The van der Waals surface area contributed by atoms with Gasteiger partial charge in [0.2, 0.25) is 0 Å². The van der Waals surface area contributed by atoms with Crippen molar-refractivity contribution in [3.05, 3.63) is 33.4 Å². The zero-order chi connectivity index (χ0) is 11.5. The quantitative estimate of drug-likeness (QED) is 0.845. The number of nitrogens with one attached hydrogen (secondary N) is 1. The van der Waals surface area contributed by atoms with E-state index in [1.54, 1.807) is 0 Å². The summed E-state index contributed by atoms with van der Waals surface area (Å²) in [5.41, 5.74) is 0.783. The highest BCUT2D eigenvalue weighted by atomic mass is 127. The van der Waals surface area contributed by atoms with Crippen LogP contribution in [0.5, 0.6) is 0 Å². The van der Waals surface area contributed by atoms with Gasteiger partial charge in [-0.15, -0.1) is 0 Å². The van der Waals surface area contributed by atoms with Crippen molar-refractivity contribution >= 4 is 28.5 Å². The van der Waals surface area contributed by atoms with Gasteiger partial charge in [-0.25, -0.2) is 0 Å². The minimum absolute atomic E-state index is 0.0538. The van der Waals surface area contributed by atoms with Gasteiger partial charge in [-0.05, 0) is 54.0 Å². The van der Waals surface area contributed by atoms with Crippen molar-refractivity contribution in [1.82, 2.24) is 5.32 Å². The molecule has 0 saturated heterocycles. The third-order valence-electron chi connectivity index (χ3n) is 2.88. The van der Waals surface area contributed by atoms with Crippen LogP contribution in [0.25, 0.3) is 0 Å². The Hall–Kier alpha value is -0.580. The molecule has 1 aliphatic rings. The van der Waals surface area contributed by atoms with Crippen molar-refractivity contribution in [3.63, 3.8) is 0 Å². The predicted octanol–water partition coefficient (Wildman–Crippen LogP) is 3.21. The van der Waals surface area contributed by atoms with Gasteiger partial charge in [0.25, 0.3) is 5.91 Å². The number of carbonyl (C=O) groups excluding carboxylic acids is 1. The third-order valence-corrected chi connectivity index (χ3v) is 3.82. The number of benzene rings is 1. The van der Waals surface area contributed by atoms with Crippen LogP contribution in [0.3, 0.4) is 0 Å². The molecule has 0 radical (unpaired) electrons. The van der Waals surface area contributed by atoms with Gasteiger partial charge in [0.05, 0.1) is 5.56 Å². The standard InChI is InChI=1S/C13H16INO/c1-9(8-10-6-7-10)15-13(16)11-4-2-3-5-12(11)14/h2-5,9-10H,6-8H2,1H3,(H,15,16). The first-order valence-corrected chi connectivity index (χ1v) is 6.80. The Labute approximate surface area is 110 Å². The van der Waals surface area contributed by atoms with Gasteiger partial charge < -0.3 is 5.32 Å². The van der Waals surface area contributed by atoms with Gasteiger partial charge in [0.15, 0.2) is 0 Å². The second kappa shape index (κ2) is 5.17. The molecule has 1 aromatic carbocycles. The maximum atomic E-state index is 12.0. The lowest BCUT2D eigenvalue weighted by molar-refractivity contribution is 0.0936. The summed E-state index contributed by atoms with van der Waals surface area (Å²) < 4.78 is 1.01. The summed E-state index contributed by atoms with van der Waals surface area (Å²) in [6, 6.07) is 7.98. The Morgan fingerprint density at radius 1 is 1.50 bits per heavy atom. The molecule has 0 heterocycles. The van der Waals surface area contributed by atoms with Crippen molar-refractivity contribution in [3.8, 4) is 0 Å². The minimum Gasteiger partial charge on any atom is -0.350 e. The molecular formula is C13H16INO. The molecule has 1 unspecified atom stereocenters. The molecule has 0 aliphatic heterocycles. The van der Waals surface area contributed by atoms with Crippen molar-refractivity contribution in [2.45, 2.75) is 32.2 Å². The second-order valence-electron chi connectivity index (χ2n) is 4.53. The summed E-state index contributed by atoms with van der Waals surface area (Å²) in [5, 5.41) is 3.06. The Balaban J connectivity index is 1.94. The Kier molecular flexibility index (Phi) is 3.84. The Morgan fingerprint density at radius 2 is 2.19 bits per heavy atom. The fraction of sp³-hybridized carbons (Fsp3) is 0.462. The van der Waals surface area contributed by atoms with Crippen molar-refractivity contribution < 1.29 is 4.79 Å². The molecule has 1 N–H and O–H groups in total. The highest BCUT2D eigenvalue weighted by molar-refractivity contribution is 14.1. The van der Waals surface area contributed by atoms with Crippen LogP contribution < -0.4 is 5.32 Å². The van der Waals surface area contributed by atoms with Crippen LogP contribution in [-0.4, -0.2) is 11.9 Å². The number of rotatable bonds is 4. The lowest BCUT2D eigenvalue weighted by Crippen LogP contribution is -2.33. The van der Waals surface area contributed by atoms with Gasteiger partial charge in [-0.2, -0.15) is 0 Å². The Bertz CT molecular complexity index is 387. The maximum Gasteiger partial charge on any atom is 0.252 e. The summed E-state index contributed by atoms with van der Waals surface area (Å²) in [7, 11) is 0. The van der Waals surface area contributed by atoms with Gasteiger partial charge in [0.1, 0.15) is 0 Å². The summed E-state index contributed by atoms with van der Waals surface area (Å²) in [4.78, 5) is 12.0. The largest absolute Gasteiger partial charge is 0.350 e. The number of carbonyl (C=O) groups is 1. The molecule has 1 saturated carbocycles. The molecule has 0 aromatic heterocycles. The topological polar surface area (TPSA) is 29.1 Å². The molecule has 0 bridgehead atoms. The molecule has 2 rings (SSSR count). The van der Waals surface area contributed by atoms with Crippen LogP contribution >= 0.6 is 22.6 Å². The van der Waals surface area contributed by atoms with Crippen LogP contribution in [0.15, 0.2) is 24.3 Å². The van der Waals surface area contributed by atoms with Crippen LogP contribution in [0.4, 0.5) is 0 Å². The van der Waals surface area contributed by atoms with Crippen molar-refractivity contribution in [1.29, 1.82) is 0 Å². The Morgan fingerprint density at radius 3 is 2.81 bits per heavy atom. The SMILES string of the molecule is CC(CC1CC1)NC(=O)c1ccccc1I. The van der Waals surface area contributed by atoms with E-state index in [2.05, 4.69) is 34.8 Å². The van der Waals surface area contributed by atoms with Crippen LogP contribution in [0.2, 0.25) is 0 Å². The van der Waals surface area contributed by atoms with Gasteiger partial charge in [0, 0.05) is 9.61 Å². The fourth-order valence-corrected chi connectivity index (χ4v) is 2.49. The molecule has 16 heavy (non-hydrogen) atoms. The molecule has 86 valence electrons. The smallest absolute Gasteiger partial charge is 0.252 e. The molecule has 1 atom stereocenters. The highest BCUT2D eigenvalue weighted by Gasteiger charge is 2.24. The number of halogens is 1. The molecule has 0 spiro atoms.